The van der Waals surface area contributed by atoms with Crippen molar-refractivity contribution < 1.29 is 30.5 Å². The van der Waals surface area contributed by atoms with E-state index in [1.54, 1.807) is 18.2 Å². The van der Waals surface area contributed by atoms with Crippen LogP contribution < -0.4 is 0 Å². The molecule has 0 bridgehead atoms. The van der Waals surface area contributed by atoms with Crippen molar-refractivity contribution in [1.29, 1.82) is 0 Å². The summed E-state index contributed by atoms with van der Waals surface area (Å²) in [5, 5.41) is 1.45. The highest BCUT2D eigenvalue weighted by Crippen LogP contribution is 2.40. The predicted molar refractivity (Wildman–Crippen MR) is 93.5 cm³/mol. The van der Waals surface area contributed by atoms with E-state index in [1.807, 2.05) is 19.1 Å². The summed E-state index contributed by atoms with van der Waals surface area (Å²) in [6.07, 6.45) is 0.615. The van der Waals surface area contributed by atoms with Gasteiger partial charge in [0.15, 0.2) is 28.2 Å². The molecule has 0 spiro atoms. The Bertz CT molecular complexity index is 1130. The van der Waals surface area contributed by atoms with E-state index in [4.69, 9.17) is 4.55 Å². The monoisotopic (exact) mass is 416 g/mol. The van der Waals surface area contributed by atoms with Crippen LogP contribution in [-0.2, 0) is 16.5 Å². The van der Waals surface area contributed by atoms with Gasteiger partial charge in [-0.15, -0.1) is 0 Å². The lowest BCUT2D eigenvalue weighted by Crippen LogP contribution is -2.11. The summed E-state index contributed by atoms with van der Waals surface area (Å²) < 4.78 is 87.6. The second-order valence-corrected chi connectivity index (χ2v) is 8.03. The van der Waals surface area contributed by atoms with Gasteiger partial charge in [0, 0.05) is 4.90 Å². The maximum Gasteiger partial charge on any atom is 0.300 e. The first-order valence-corrected chi connectivity index (χ1v) is 9.94. The van der Waals surface area contributed by atoms with Gasteiger partial charge in [0.2, 0.25) is 0 Å². The zero-order valence-electron chi connectivity index (χ0n) is 13.8. The molecule has 27 heavy (non-hydrogen) atoms. The number of halogens is 4. The standard InChI is InChI=1S/C18H12F4O3S2/c1-2-9-5-3-6-10-7-4-8-11(12(9)10)26-17-13(19)15(21)18(27(23,24)25)16(22)14(17)20/h3-8H,2H2,1H3,(H,23,24,25). The first-order chi connectivity index (χ1) is 12.7. The quantitative estimate of drug-likeness (QED) is 0.354. The Kier molecular flexibility index (Phi) is 5.20. The maximum atomic E-state index is 14.3. The summed E-state index contributed by atoms with van der Waals surface area (Å²) in [6.45, 7) is 1.89. The van der Waals surface area contributed by atoms with Gasteiger partial charge >= 0.3 is 10.1 Å². The van der Waals surface area contributed by atoms with Crippen LogP contribution in [0.1, 0.15) is 12.5 Å². The lowest BCUT2D eigenvalue weighted by atomic mass is 10.0. The average molecular weight is 416 g/mol. The molecule has 0 amide bonds. The molecule has 0 atom stereocenters. The number of rotatable bonds is 4. The lowest BCUT2D eigenvalue weighted by molar-refractivity contribution is 0.384. The van der Waals surface area contributed by atoms with Crippen molar-refractivity contribution in [3.63, 3.8) is 0 Å². The summed E-state index contributed by atoms with van der Waals surface area (Å²) in [5.74, 6) is -8.13. The molecule has 9 heteroatoms. The Morgan fingerprint density at radius 2 is 1.48 bits per heavy atom. The zero-order valence-corrected chi connectivity index (χ0v) is 15.4. The fourth-order valence-corrected chi connectivity index (χ4v) is 4.49. The Hall–Kier alpha value is -2.10. The van der Waals surface area contributed by atoms with Crippen molar-refractivity contribution in [2.45, 2.75) is 28.0 Å². The molecule has 0 heterocycles. The van der Waals surface area contributed by atoms with Crippen molar-refractivity contribution in [3.05, 3.63) is 65.2 Å². The third-order valence-electron chi connectivity index (χ3n) is 3.99. The van der Waals surface area contributed by atoms with Crippen LogP contribution in [0.3, 0.4) is 0 Å². The number of aryl methyl sites for hydroxylation is 1. The molecule has 142 valence electrons. The molecule has 3 aromatic carbocycles. The molecule has 0 aromatic heterocycles. The van der Waals surface area contributed by atoms with Crippen molar-refractivity contribution >= 4 is 32.7 Å². The minimum absolute atomic E-state index is 0.348. The van der Waals surface area contributed by atoms with Crippen LogP contribution in [0.15, 0.2) is 51.1 Å². The number of hydrogen-bond acceptors (Lipinski definition) is 3. The maximum absolute atomic E-state index is 14.3. The first kappa shape index (κ1) is 19.7. The topological polar surface area (TPSA) is 54.4 Å². The van der Waals surface area contributed by atoms with Gasteiger partial charge in [-0.1, -0.05) is 49.0 Å². The van der Waals surface area contributed by atoms with E-state index in [-0.39, 0.29) is 0 Å². The van der Waals surface area contributed by atoms with Gasteiger partial charge in [0.25, 0.3) is 0 Å². The Morgan fingerprint density at radius 3 is 2.00 bits per heavy atom. The van der Waals surface area contributed by atoms with E-state index in [1.165, 1.54) is 6.07 Å². The highest BCUT2D eigenvalue weighted by atomic mass is 32.2. The lowest BCUT2D eigenvalue weighted by Gasteiger charge is -2.13. The molecule has 0 radical (unpaired) electrons. The van der Waals surface area contributed by atoms with Crippen molar-refractivity contribution in [2.75, 3.05) is 0 Å². The largest absolute Gasteiger partial charge is 0.300 e. The van der Waals surface area contributed by atoms with Crippen LogP contribution in [0.2, 0.25) is 0 Å². The fraction of sp³-hybridized carbons (Fsp3) is 0.111. The predicted octanol–water partition coefficient (Wildman–Crippen LogP) is 5.36. The third kappa shape index (κ3) is 3.42. The summed E-state index contributed by atoms with van der Waals surface area (Å²) in [7, 11) is -5.48. The Morgan fingerprint density at radius 1 is 0.926 bits per heavy atom. The van der Waals surface area contributed by atoms with Gasteiger partial charge in [0.1, 0.15) is 0 Å². The zero-order chi connectivity index (χ0) is 19.9. The SMILES string of the molecule is CCc1cccc2cccc(Sc3c(F)c(F)c(S(=O)(=O)O)c(F)c3F)c12. The van der Waals surface area contributed by atoms with Crippen LogP contribution in [0.5, 0.6) is 0 Å². The molecule has 0 fully saturated rings. The van der Waals surface area contributed by atoms with Crippen molar-refractivity contribution in [2.24, 2.45) is 0 Å². The van der Waals surface area contributed by atoms with Gasteiger partial charge in [0.05, 0.1) is 4.90 Å². The number of hydrogen-bond donors (Lipinski definition) is 1. The number of fused-ring (bicyclic) bond motifs is 1. The second kappa shape index (κ2) is 7.14. The molecule has 0 aliphatic rings. The molecule has 0 saturated heterocycles. The van der Waals surface area contributed by atoms with E-state index in [0.717, 1.165) is 10.9 Å². The molecule has 0 saturated carbocycles. The van der Waals surface area contributed by atoms with Crippen LogP contribution in [-0.4, -0.2) is 13.0 Å². The van der Waals surface area contributed by atoms with Crippen LogP contribution >= 0.6 is 11.8 Å². The second-order valence-electron chi connectivity index (χ2n) is 5.62. The Balaban J connectivity index is 2.26. The average Bonchev–Trinajstić information content (AvgIpc) is 2.62. The van der Waals surface area contributed by atoms with Crippen molar-refractivity contribution in [1.82, 2.24) is 0 Å². The molecule has 3 aromatic rings. The van der Waals surface area contributed by atoms with Crippen LogP contribution in [0.4, 0.5) is 17.6 Å². The van der Waals surface area contributed by atoms with E-state index >= 15 is 0 Å². The van der Waals surface area contributed by atoms with Gasteiger partial charge in [-0.2, -0.15) is 8.42 Å². The van der Waals surface area contributed by atoms with E-state index < -0.39 is 43.2 Å². The van der Waals surface area contributed by atoms with Crippen molar-refractivity contribution in [3.8, 4) is 0 Å². The fourth-order valence-electron chi connectivity index (χ4n) is 2.78. The summed E-state index contributed by atoms with van der Waals surface area (Å²) in [6, 6.07) is 10.4. The van der Waals surface area contributed by atoms with E-state index in [2.05, 4.69) is 0 Å². The van der Waals surface area contributed by atoms with Gasteiger partial charge in [-0.25, -0.2) is 17.6 Å². The molecule has 1 N–H and O–H groups in total. The van der Waals surface area contributed by atoms with Gasteiger partial charge < -0.3 is 0 Å². The molecular formula is C18H12F4O3S2. The molecule has 3 rings (SSSR count). The minimum atomic E-state index is -5.48. The van der Waals surface area contributed by atoms with Crippen LogP contribution in [0.25, 0.3) is 10.8 Å². The van der Waals surface area contributed by atoms with Gasteiger partial charge in [-0.05, 0) is 28.8 Å². The smallest absolute Gasteiger partial charge is 0.282 e. The molecular weight excluding hydrogens is 404 g/mol. The van der Waals surface area contributed by atoms with E-state index in [0.29, 0.717) is 28.5 Å². The van der Waals surface area contributed by atoms with Gasteiger partial charge in [-0.3, -0.25) is 4.55 Å². The summed E-state index contributed by atoms with van der Waals surface area (Å²) >= 11 is 0.441. The Labute approximate surface area is 156 Å². The van der Waals surface area contributed by atoms with E-state index in [9.17, 15) is 26.0 Å². The minimum Gasteiger partial charge on any atom is -0.282 e. The molecule has 0 aliphatic heterocycles. The molecule has 0 unspecified atom stereocenters. The van der Waals surface area contributed by atoms with Crippen LogP contribution in [0, 0.1) is 23.3 Å². The molecule has 3 nitrogen and oxygen atoms in total. The summed E-state index contributed by atoms with van der Waals surface area (Å²) in [4.78, 5) is -2.73. The normalized spacial score (nSPS) is 11.9. The third-order valence-corrected chi connectivity index (χ3v) is 5.98. The first-order valence-electron chi connectivity index (χ1n) is 7.68. The summed E-state index contributed by atoms with van der Waals surface area (Å²) in [5.41, 5.74) is 0.868. The molecule has 0 aliphatic carbocycles. The number of benzene rings is 3. The highest BCUT2D eigenvalue weighted by molar-refractivity contribution is 7.99. The highest BCUT2D eigenvalue weighted by Gasteiger charge is 2.32.